The molecule has 0 aliphatic carbocycles. The molecule has 1 aromatic carbocycles. The zero-order chi connectivity index (χ0) is 15.7. The number of carbonyl (C=O) groups is 1. The van der Waals surface area contributed by atoms with Crippen molar-refractivity contribution in [1.82, 2.24) is 20.8 Å². The van der Waals surface area contributed by atoms with Crippen LogP contribution in [0.15, 0.2) is 24.3 Å². The summed E-state index contributed by atoms with van der Waals surface area (Å²) in [7, 11) is 0. The van der Waals surface area contributed by atoms with Gasteiger partial charge >= 0.3 is 0 Å². The van der Waals surface area contributed by atoms with Gasteiger partial charge < -0.3 is 10.6 Å². The molecule has 3 N–H and O–H groups in total. The Labute approximate surface area is 130 Å². The van der Waals surface area contributed by atoms with E-state index in [9.17, 15) is 4.79 Å². The Balaban J connectivity index is 1.83. The van der Waals surface area contributed by atoms with Crippen molar-refractivity contribution >= 4 is 5.91 Å². The summed E-state index contributed by atoms with van der Waals surface area (Å²) in [6.45, 7) is 7.69. The largest absolute Gasteiger partial charge is 0.342 e. The number of benzene rings is 1. The van der Waals surface area contributed by atoms with Crippen LogP contribution in [0.4, 0.5) is 0 Å². The lowest BCUT2D eigenvalue weighted by Gasteiger charge is -2.27. The van der Waals surface area contributed by atoms with E-state index in [0.29, 0.717) is 12.2 Å². The lowest BCUT2D eigenvalue weighted by molar-refractivity contribution is 0.0905. The van der Waals surface area contributed by atoms with E-state index in [2.05, 4.69) is 39.9 Å². The lowest BCUT2D eigenvalue weighted by Crippen LogP contribution is -2.41. The van der Waals surface area contributed by atoms with Crippen LogP contribution in [0.1, 0.15) is 46.7 Å². The Hall–Kier alpha value is -2.14. The summed E-state index contributed by atoms with van der Waals surface area (Å²) in [5, 5.41) is 13.6. The number of aryl methyl sites for hydroxylation is 1. The second-order valence-electron chi connectivity index (χ2n) is 6.40. The number of aromatic amines is 1. The van der Waals surface area contributed by atoms with Crippen LogP contribution in [0.3, 0.4) is 0 Å². The minimum Gasteiger partial charge on any atom is -0.342 e. The highest BCUT2D eigenvalue weighted by Crippen LogP contribution is 2.22. The predicted molar refractivity (Wildman–Crippen MR) is 85.7 cm³/mol. The van der Waals surface area contributed by atoms with Gasteiger partial charge in [-0.3, -0.25) is 9.89 Å². The molecule has 1 aliphatic rings. The van der Waals surface area contributed by atoms with Crippen molar-refractivity contribution in [3.63, 3.8) is 0 Å². The van der Waals surface area contributed by atoms with E-state index in [1.54, 1.807) is 0 Å². The number of nitrogens with zero attached hydrogens (tertiary/aromatic N) is 1. The average molecular weight is 298 g/mol. The molecule has 0 unspecified atom stereocenters. The number of fused-ring (bicyclic) bond motifs is 1. The molecule has 0 bridgehead atoms. The van der Waals surface area contributed by atoms with Crippen molar-refractivity contribution < 1.29 is 4.79 Å². The number of H-pyrrole nitrogens is 1. The molecule has 2 aromatic rings. The van der Waals surface area contributed by atoms with Crippen molar-refractivity contribution in [3.05, 3.63) is 52.3 Å². The summed E-state index contributed by atoms with van der Waals surface area (Å²) in [4.78, 5) is 12.6. The lowest BCUT2D eigenvalue weighted by atomic mass is 9.92. The van der Waals surface area contributed by atoms with E-state index in [4.69, 9.17) is 0 Å². The van der Waals surface area contributed by atoms with Gasteiger partial charge in [-0.1, -0.05) is 29.8 Å². The zero-order valence-electron chi connectivity index (χ0n) is 13.3. The summed E-state index contributed by atoms with van der Waals surface area (Å²) in [5.41, 5.74) is 4.38. The van der Waals surface area contributed by atoms with Gasteiger partial charge in [-0.05, 0) is 26.3 Å². The molecule has 3 rings (SSSR count). The third kappa shape index (κ3) is 2.76. The number of hydrogen-bond acceptors (Lipinski definition) is 3. The van der Waals surface area contributed by atoms with Gasteiger partial charge in [0.15, 0.2) is 5.69 Å². The maximum Gasteiger partial charge on any atom is 0.272 e. The molecule has 2 heterocycles. The minimum atomic E-state index is -0.447. The molecule has 0 saturated carbocycles. The molecule has 0 fully saturated rings. The Morgan fingerprint density at radius 1 is 1.36 bits per heavy atom. The van der Waals surface area contributed by atoms with Crippen LogP contribution in [0, 0.1) is 6.92 Å². The quantitative estimate of drug-likeness (QED) is 0.812. The van der Waals surface area contributed by atoms with Gasteiger partial charge in [0.2, 0.25) is 0 Å². The highest BCUT2D eigenvalue weighted by atomic mass is 16.2. The molecular weight excluding hydrogens is 276 g/mol. The van der Waals surface area contributed by atoms with E-state index in [0.717, 1.165) is 29.8 Å². The third-order valence-electron chi connectivity index (χ3n) is 4.19. The third-order valence-corrected chi connectivity index (χ3v) is 4.19. The Kier molecular flexibility index (Phi) is 3.74. The summed E-state index contributed by atoms with van der Waals surface area (Å²) >= 11 is 0. The second kappa shape index (κ2) is 5.57. The first-order valence-corrected chi connectivity index (χ1v) is 7.64. The number of nitrogens with one attached hydrogen (secondary N) is 3. The van der Waals surface area contributed by atoms with Gasteiger partial charge in [0.1, 0.15) is 0 Å². The van der Waals surface area contributed by atoms with Crippen LogP contribution in [0.2, 0.25) is 0 Å². The number of amides is 1. The molecule has 5 nitrogen and oxygen atoms in total. The molecule has 1 aromatic heterocycles. The first kappa shape index (κ1) is 14.8. The smallest absolute Gasteiger partial charge is 0.272 e. The van der Waals surface area contributed by atoms with Gasteiger partial charge in [-0.15, -0.1) is 0 Å². The molecule has 116 valence electrons. The zero-order valence-corrected chi connectivity index (χ0v) is 13.3. The number of aromatic nitrogens is 2. The first-order chi connectivity index (χ1) is 10.5. The van der Waals surface area contributed by atoms with Gasteiger partial charge in [-0.2, -0.15) is 5.10 Å². The average Bonchev–Trinajstić information content (AvgIpc) is 2.91. The van der Waals surface area contributed by atoms with E-state index in [-0.39, 0.29) is 5.91 Å². The van der Waals surface area contributed by atoms with E-state index >= 15 is 0 Å². The number of hydrogen-bond donors (Lipinski definition) is 3. The maximum absolute atomic E-state index is 12.6. The van der Waals surface area contributed by atoms with Crippen molar-refractivity contribution in [1.29, 1.82) is 0 Å². The van der Waals surface area contributed by atoms with Gasteiger partial charge in [0, 0.05) is 30.8 Å². The van der Waals surface area contributed by atoms with Crippen molar-refractivity contribution in [2.45, 2.75) is 39.3 Å². The predicted octanol–water partition coefficient (Wildman–Crippen LogP) is 2.03. The van der Waals surface area contributed by atoms with Crippen molar-refractivity contribution in [2.75, 3.05) is 6.54 Å². The topological polar surface area (TPSA) is 69.8 Å². The van der Waals surface area contributed by atoms with Gasteiger partial charge in [-0.25, -0.2) is 0 Å². The highest BCUT2D eigenvalue weighted by molar-refractivity contribution is 5.94. The molecular formula is C17H22N4O. The van der Waals surface area contributed by atoms with Crippen molar-refractivity contribution in [2.24, 2.45) is 0 Å². The van der Waals surface area contributed by atoms with E-state index in [1.807, 2.05) is 26.0 Å². The molecule has 0 spiro atoms. The van der Waals surface area contributed by atoms with E-state index < -0.39 is 5.54 Å². The fourth-order valence-electron chi connectivity index (χ4n) is 2.86. The SMILES string of the molecule is Cc1cccc(C(C)(C)NC(=O)c2n[nH]c3c2CNCC3)c1. The van der Waals surface area contributed by atoms with Crippen LogP contribution in [-0.2, 0) is 18.5 Å². The van der Waals surface area contributed by atoms with Crippen LogP contribution in [0.5, 0.6) is 0 Å². The molecule has 0 radical (unpaired) electrons. The Bertz CT molecular complexity index is 702. The fraction of sp³-hybridized carbons (Fsp3) is 0.412. The highest BCUT2D eigenvalue weighted by Gasteiger charge is 2.27. The summed E-state index contributed by atoms with van der Waals surface area (Å²) in [6.07, 6.45) is 0.886. The molecule has 0 saturated heterocycles. The summed E-state index contributed by atoms with van der Waals surface area (Å²) < 4.78 is 0. The summed E-state index contributed by atoms with van der Waals surface area (Å²) in [6, 6.07) is 8.20. The molecule has 1 amide bonds. The molecule has 1 aliphatic heterocycles. The number of rotatable bonds is 3. The normalized spacial score (nSPS) is 14.5. The molecule has 22 heavy (non-hydrogen) atoms. The van der Waals surface area contributed by atoms with Gasteiger partial charge in [0.25, 0.3) is 5.91 Å². The van der Waals surface area contributed by atoms with Crippen LogP contribution in [-0.4, -0.2) is 22.6 Å². The minimum absolute atomic E-state index is 0.132. The second-order valence-corrected chi connectivity index (χ2v) is 6.40. The number of carbonyl (C=O) groups excluding carboxylic acids is 1. The van der Waals surface area contributed by atoms with Crippen LogP contribution < -0.4 is 10.6 Å². The Morgan fingerprint density at radius 2 is 2.18 bits per heavy atom. The van der Waals surface area contributed by atoms with Gasteiger partial charge in [0.05, 0.1) is 5.54 Å². The maximum atomic E-state index is 12.6. The molecule has 0 atom stereocenters. The summed E-state index contributed by atoms with van der Waals surface area (Å²) in [5.74, 6) is -0.132. The van der Waals surface area contributed by atoms with Crippen molar-refractivity contribution in [3.8, 4) is 0 Å². The van der Waals surface area contributed by atoms with Crippen LogP contribution >= 0.6 is 0 Å². The van der Waals surface area contributed by atoms with E-state index in [1.165, 1.54) is 5.56 Å². The molecule has 5 heteroatoms. The monoisotopic (exact) mass is 298 g/mol. The Morgan fingerprint density at radius 3 is 2.95 bits per heavy atom. The fourth-order valence-corrected chi connectivity index (χ4v) is 2.86. The first-order valence-electron chi connectivity index (χ1n) is 7.64. The van der Waals surface area contributed by atoms with Crippen LogP contribution in [0.25, 0.3) is 0 Å². The standard InChI is InChI=1S/C17H22N4O/c1-11-5-4-6-12(9-11)17(2,3)19-16(22)15-13-10-18-8-7-14(13)20-21-15/h4-6,9,18H,7-8,10H2,1-3H3,(H,19,22)(H,20,21).